The number of hydrogen-bond acceptors (Lipinski definition) is 4. The molecule has 3 aromatic rings. The number of anilines is 1. The summed E-state index contributed by atoms with van der Waals surface area (Å²) < 4.78 is 0. The highest BCUT2D eigenvalue weighted by Crippen LogP contribution is 2.22. The van der Waals surface area contributed by atoms with Gasteiger partial charge in [0.2, 0.25) is 0 Å². The first kappa shape index (κ1) is 16.1. The third kappa shape index (κ3) is 3.78. The Hall–Kier alpha value is -2.72. The first-order valence-corrected chi connectivity index (χ1v) is 8.13. The van der Waals surface area contributed by atoms with Crippen molar-refractivity contribution in [2.45, 2.75) is 13.8 Å². The molecule has 122 valence electrons. The molecule has 0 aliphatic rings. The van der Waals surface area contributed by atoms with Gasteiger partial charge in [0, 0.05) is 18.5 Å². The van der Waals surface area contributed by atoms with E-state index in [4.69, 9.17) is 5.73 Å². The van der Waals surface area contributed by atoms with Crippen LogP contribution in [0.5, 0.6) is 0 Å². The largest absolute Gasteiger partial charge is 0.368 e. The Kier molecular flexibility index (Phi) is 4.87. The summed E-state index contributed by atoms with van der Waals surface area (Å²) in [6.45, 7) is 5.39. The highest BCUT2D eigenvalue weighted by Gasteiger charge is 2.06. The predicted octanol–water partition coefficient (Wildman–Crippen LogP) is 3.79. The Labute approximate surface area is 142 Å². The Balaban J connectivity index is 1.98. The fourth-order valence-corrected chi connectivity index (χ4v) is 2.51. The van der Waals surface area contributed by atoms with Crippen LogP contribution < -0.4 is 11.1 Å². The first-order valence-electron chi connectivity index (χ1n) is 8.13. The van der Waals surface area contributed by atoms with Crippen molar-refractivity contribution in [2.75, 3.05) is 18.4 Å². The van der Waals surface area contributed by atoms with E-state index in [1.807, 2.05) is 18.2 Å². The molecular formula is C20H22N4. The molecule has 0 unspecified atom stereocenters. The minimum absolute atomic E-state index is 0.561. The molecule has 2 aromatic carbocycles. The summed E-state index contributed by atoms with van der Waals surface area (Å²) in [5.74, 6) is 1.52. The molecule has 3 rings (SSSR count). The molecule has 0 spiro atoms. The molecule has 0 saturated heterocycles. The van der Waals surface area contributed by atoms with Gasteiger partial charge >= 0.3 is 0 Å². The second kappa shape index (κ2) is 7.23. The Bertz CT molecular complexity index is 867. The summed E-state index contributed by atoms with van der Waals surface area (Å²) in [4.78, 5) is 9.30. The molecule has 0 amide bonds. The molecule has 3 N–H and O–H groups in total. The van der Waals surface area contributed by atoms with Crippen molar-refractivity contribution in [3.63, 3.8) is 0 Å². The van der Waals surface area contributed by atoms with E-state index < -0.39 is 0 Å². The Morgan fingerprint density at radius 3 is 2.46 bits per heavy atom. The molecule has 0 radical (unpaired) electrons. The topological polar surface area (TPSA) is 63.8 Å². The number of aromatic nitrogens is 2. The maximum atomic E-state index is 5.62. The van der Waals surface area contributed by atoms with Crippen LogP contribution in [0.2, 0.25) is 0 Å². The number of benzene rings is 2. The molecule has 0 aliphatic heterocycles. The lowest BCUT2D eigenvalue weighted by atomic mass is 10.1. The molecule has 0 saturated carbocycles. The number of hydrogen-bond donors (Lipinski definition) is 2. The molecule has 1 heterocycles. The lowest BCUT2D eigenvalue weighted by molar-refractivity contribution is 1.01. The van der Waals surface area contributed by atoms with Crippen molar-refractivity contribution < 1.29 is 0 Å². The number of aryl methyl sites for hydroxylation is 2. The lowest BCUT2D eigenvalue weighted by Gasteiger charge is -2.09. The van der Waals surface area contributed by atoms with Crippen molar-refractivity contribution in [3.05, 3.63) is 65.0 Å². The van der Waals surface area contributed by atoms with Crippen molar-refractivity contribution >= 4 is 28.9 Å². The van der Waals surface area contributed by atoms with Gasteiger partial charge in [0.05, 0.1) is 5.52 Å². The fourth-order valence-electron chi connectivity index (χ4n) is 2.51. The minimum atomic E-state index is 0.561. The van der Waals surface area contributed by atoms with Gasteiger partial charge < -0.3 is 11.1 Å². The van der Waals surface area contributed by atoms with E-state index in [0.29, 0.717) is 18.9 Å². The van der Waals surface area contributed by atoms with Crippen LogP contribution >= 0.6 is 0 Å². The normalized spacial score (nSPS) is 11.3. The van der Waals surface area contributed by atoms with Crippen LogP contribution in [0.3, 0.4) is 0 Å². The van der Waals surface area contributed by atoms with Gasteiger partial charge in [0.1, 0.15) is 5.82 Å². The maximum absolute atomic E-state index is 5.62. The average Bonchev–Trinajstić information content (AvgIpc) is 2.59. The molecule has 0 atom stereocenters. The van der Waals surface area contributed by atoms with Gasteiger partial charge in [-0.1, -0.05) is 47.5 Å². The minimum Gasteiger partial charge on any atom is -0.368 e. The molecule has 4 nitrogen and oxygen atoms in total. The van der Waals surface area contributed by atoms with E-state index in [1.165, 1.54) is 11.1 Å². The molecule has 0 bridgehead atoms. The van der Waals surface area contributed by atoms with Gasteiger partial charge in [-0.15, -0.1) is 0 Å². The van der Waals surface area contributed by atoms with E-state index in [2.05, 4.69) is 65.5 Å². The predicted molar refractivity (Wildman–Crippen MR) is 102 cm³/mol. The summed E-state index contributed by atoms with van der Waals surface area (Å²) >= 11 is 0. The summed E-state index contributed by atoms with van der Waals surface area (Å²) in [6.07, 6.45) is 3.97. The maximum Gasteiger partial charge on any atom is 0.154 e. The highest BCUT2D eigenvalue weighted by atomic mass is 15.0. The van der Waals surface area contributed by atoms with Crippen LogP contribution in [-0.2, 0) is 0 Å². The monoisotopic (exact) mass is 318 g/mol. The third-order valence-electron chi connectivity index (χ3n) is 3.81. The van der Waals surface area contributed by atoms with E-state index in [1.54, 1.807) is 0 Å². The number of nitrogens with one attached hydrogen (secondary N) is 1. The first-order chi connectivity index (χ1) is 11.7. The Morgan fingerprint density at radius 1 is 0.958 bits per heavy atom. The van der Waals surface area contributed by atoms with Gasteiger partial charge in [0.15, 0.2) is 5.82 Å². The van der Waals surface area contributed by atoms with E-state index in [-0.39, 0.29) is 0 Å². The van der Waals surface area contributed by atoms with Crippen molar-refractivity contribution in [1.82, 2.24) is 9.97 Å². The van der Waals surface area contributed by atoms with Crippen LogP contribution in [0.4, 0.5) is 5.82 Å². The van der Waals surface area contributed by atoms with Gasteiger partial charge in [-0.05, 0) is 37.6 Å². The zero-order chi connectivity index (χ0) is 16.9. The van der Waals surface area contributed by atoms with Gasteiger partial charge in [-0.3, -0.25) is 0 Å². The lowest BCUT2D eigenvalue weighted by Crippen LogP contribution is -2.14. The smallest absolute Gasteiger partial charge is 0.154 e. The van der Waals surface area contributed by atoms with E-state index in [9.17, 15) is 0 Å². The van der Waals surface area contributed by atoms with Crippen LogP contribution in [0.15, 0.2) is 42.5 Å². The summed E-state index contributed by atoms with van der Waals surface area (Å²) in [7, 11) is 0. The van der Waals surface area contributed by atoms with Crippen LogP contribution in [0.25, 0.3) is 23.1 Å². The summed E-state index contributed by atoms with van der Waals surface area (Å²) in [5, 5.41) is 4.32. The second-order valence-corrected chi connectivity index (χ2v) is 5.91. The number of nitrogens with zero attached hydrogens (tertiary/aromatic N) is 2. The quantitative estimate of drug-likeness (QED) is 0.751. The SMILES string of the molecule is Cc1ccc(/C=C/c2nc(NCCN)c3cc(C)ccc3n2)cc1. The molecule has 0 fully saturated rings. The molecule has 1 aromatic heterocycles. The Morgan fingerprint density at radius 2 is 1.71 bits per heavy atom. The van der Waals surface area contributed by atoms with Crippen molar-refractivity contribution in [2.24, 2.45) is 5.73 Å². The molecule has 24 heavy (non-hydrogen) atoms. The summed E-state index contributed by atoms with van der Waals surface area (Å²) in [6, 6.07) is 14.6. The third-order valence-corrected chi connectivity index (χ3v) is 3.81. The number of fused-ring (bicyclic) bond motifs is 1. The number of nitrogens with two attached hydrogens (primary N) is 1. The van der Waals surface area contributed by atoms with Gasteiger partial charge in [-0.2, -0.15) is 0 Å². The highest BCUT2D eigenvalue weighted by molar-refractivity contribution is 5.90. The van der Waals surface area contributed by atoms with Gasteiger partial charge in [-0.25, -0.2) is 9.97 Å². The average molecular weight is 318 g/mol. The van der Waals surface area contributed by atoms with E-state index >= 15 is 0 Å². The molecular weight excluding hydrogens is 296 g/mol. The fraction of sp³-hybridized carbons (Fsp3) is 0.200. The van der Waals surface area contributed by atoms with Crippen molar-refractivity contribution in [3.8, 4) is 0 Å². The number of rotatable bonds is 5. The van der Waals surface area contributed by atoms with Crippen molar-refractivity contribution in [1.29, 1.82) is 0 Å². The summed E-state index contributed by atoms with van der Waals surface area (Å²) in [5.41, 5.74) is 10.1. The zero-order valence-corrected chi connectivity index (χ0v) is 14.1. The van der Waals surface area contributed by atoms with Crippen LogP contribution in [0, 0.1) is 13.8 Å². The van der Waals surface area contributed by atoms with Crippen LogP contribution in [-0.4, -0.2) is 23.1 Å². The van der Waals surface area contributed by atoms with Gasteiger partial charge in [0.25, 0.3) is 0 Å². The molecule has 0 aliphatic carbocycles. The zero-order valence-electron chi connectivity index (χ0n) is 14.1. The molecule has 4 heteroatoms. The standard InChI is InChI=1S/C20H22N4/c1-14-3-6-16(7-4-14)8-10-19-23-18-9-5-15(2)13-17(18)20(24-19)22-12-11-21/h3-10,13H,11-12,21H2,1-2H3,(H,22,23,24)/b10-8+. The van der Waals surface area contributed by atoms with Crippen LogP contribution in [0.1, 0.15) is 22.5 Å². The van der Waals surface area contributed by atoms with E-state index in [0.717, 1.165) is 22.3 Å². The second-order valence-electron chi connectivity index (χ2n) is 5.91.